The first-order valence-corrected chi connectivity index (χ1v) is 9.23. The van der Waals surface area contributed by atoms with Crippen molar-refractivity contribution in [2.24, 2.45) is 11.8 Å². The Morgan fingerprint density at radius 1 is 1.12 bits per heavy atom. The molecule has 1 N–H and O–H groups in total. The average Bonchev–Trinajstić information content (AvgIpc) is 3.01. The van der Waals surface area contributed by atoms with Crippen molar-refractivity contribution in [2.75, 3.05) is 13.1 Å². The van der Waals surface area contributed by atoms with E-state index in [9.17, 15) is 14.7 Å². The number of nitrogens with zero attached hydrogens (tertiary/aromatic N) is 1. The maximum Gasteiger partial charge on any atom is 0.332 e. The van der Waals surface area contributed by atoms with Crippen LogP contribution in [0.4, 0.5) is 0 Å². The Labute approximate surface area is 149 Å². The van der Waals surface area contributed by atoms with Gasteiger partial charge in [0.1, 0.15) is 0 Å². The molecule has 1 saturated carbocycles. The second-order valence-electron chi connectivity index (χ2n) is 7.56. The van der Waals surface area contributed by atoms with Crippen molar-refractivity contribution < 1.29 is 14.7 Å². The highest BCUT2D eigenvalue weighted by Crippen LogP contribution is 2.36. The van der Waals surface area contributed by atoms with Gasteiger partial charge < -0.3 is 10.0 Å². The van der Waals surface area contributed by atoms with Crippen LogP contribution in [-0.4, -0.2) is 35.0 Å². The Kier molecular flexibility index (Phi) is 5.26. The van der Waals surface area contributed by atoms with Gasteiger partial charge in [0, 0.05) is 18.7 Å². The fourth-order valence-corrected chi connectivity index (χ4v) is 4.30. The van der Waals surface area contributed by atoms with Gasteiger partial charge in [0.05, 0.1) is 6.42 Å². The van der Waals surface area contributed by atoms with Gasteiger partial charge in [-0.25, -0.2) is 4.79 Å². The van der Waals surface area contributed by atoms with Crippen LogP contribution in [0, 0.1) is 25.7 Å². The van der Waals surface area contributed by atoms with Gasteiger partial charge in [-0.05, 0) is 61.3 Å². The summed E-state index contributed by atoms with van der Waals surface area (Å²) in [5.74, 6) is 0.184. The Bertz CT molecular complexity index is 673. The summed E-state index contributed by atoms with van der Waals surface area (Å²) in [4.78, 5) is 26.3. The smallest absolute Gasteiger partial charge is 0.332 e. The van der Waals surface area contributed by atoms with Crippen molar-refractivity contribution in [3.8, 4) is 0 Å². The third-order valence-corrected chi connectivity index (χ3v) is 5.81. The Hall–Kier alpha value is -2.10. The highest BCUT2D eigenvalue weighted by Gasteiger charge is 2.36. The van der Waals surface area contributed by atoms with Gasteiger partial charge in [0.2, 0.25) is 5.91 Å². The fraction of sp³-hybridized carbons (Fsp3) is 0.524. The number of aliphatic carboxylic acids is 1. The summed E-state index contributed by atoms with van der Waals surface area (Å²) in [7, 11) is 0. The molecule has 2 atom stereocenters. The minimum Gasteiger partial charge on any atom is -0.478 e. The molecule has 2 aliphatic rings. The van der Waals surface area contributed by atoms with Crippen molar-refractivity contribution >= 4 is 18.0 Å². The van der Waals surface area contributed by atoms with Crippen LogP contribution in [0.25, 0.3) is 6.08 Å². The molecule has 3 rings (SSSR count). The van der Waals surface area contributed by atoms with Crippen LogP contribution in [0.1, 0.15) is 48.8 Å². The summed E-state index contributed by atoms with van der Waals surface area (Å²) in [6.45, 7) is 5.54. The van der Waals surface area contributed by atoms with E-state index in [2.05, 4.69) is 0 Å². The molecule has 1 aromatic carbocycles. The second-order valence-corrected chi connectivity index (χ2v) is 7.56. The van der Waals surface area contributed by atoms with E-state index in [1.54, 1.807) is 6.08 Å². The molecule has 1 aliphatic heterocycles. The zero-order chi connectivity index (χ0) is 18.0. The number of amides is 1. The van der Waals surface area contributed by atoms with Crippen LogP contribution < -0.4 is 0 Å². The quantitative estimate of drug-likeness (QED) is 0.847. The van der Waals surface area contributed by atoms with Crippen molar-refractivity contribution in [3.05, 3.63) is 40.5 Å². The molecule has 134 valence electrons. The first-order chi connectivity index (χ1) is 12.0. The van der Waals surface area contributed by atoms with Crippen LogP contribution in [0.3, 0.4) is 0 Å². The van der Waals surface area contributed by atoms with E-state index in [1.165, 1.54) is 25.7 Å². The standard InChI is InChI=1S/C21H27NO3/c1-14-6-5-7-15(2)19(14)10-18(21(24)25)11-20(23)22-12-16-8-3-4-9-17(16)13-22/h5-7,10,16-17H,3-4,8-9,11-13H2,1-2H3,(H,24,25)/t16-,17+. The van der Waals surface area contributed by atoms with E-state index >= 15 is 0 Å². The van der Waals surface area contributed by atoms with E-state index in [0.29, 0.717) is 11.8 Å². The zero-order valence-electron chi connectivity index (χ0n) is 15.1. The summed E-state index contributed by atoms with van der Waals surface area (Å²) < 4.78 is 0. The lowest BCUT2D eigenvalue weighted by Crippen LogP contribution is -2.30. The predicted molar refractivity (Wildman–Crippen MR) is 98.2 cm³/mol. The molecule has 0 spiro atoms. The molecular formula is C21H27NO3. The molecule has 1 aliphatic carbocycles. The number of carbonyl (C=O) groups is 2. The molecule has 0 unspecified atom stereocenters. The number of rotatable bonds is 4. The number of hydrogen-bond donors (Lipinski definition) is 1. The number of carbonyl (C=O) groups excluding carboxylic acids is 1. The Morgan fingerprint density at radius 3 is 2.20 bits per heavy atom. The first kappa shape index (κ1) is 17.7. The third-order valence-electron chi connectivity index (χ3n) is 5.81. The van der Waals surface area contributed by atoms with Crippen molar-refractivity contribution in [3.63, 3.8) is 0 Å². The number of carboxylic acids is 1. The van der Waals surface area contributed by atoms with Crippen molar-refractivity contribution in [2.45, 2.75) is 46.0 Å². The molecule has 0 bridgehead atoms. The topological polar surface area (TPSA) is 57.6 Å². The summed E-state index contributed by atoms with van der Waals surface area (Å²) in [6, 6.07) is 5.89. The minimum absolute atomic E-state index is 0.0253. The maximum absolute atomic E-state index is 12.7. The van der Waals surface area contributed by atoms with E-state index in [1.807, 2.05) is 36.9 Å². The molecule has 4 nitrogen and oxygen atoms in total. The SMILES string of the molecule is Cc1cccc(C)c1C=C(CC(=O)N1C[C@H]2CCCC[C@H]2C1)C(=O)O. The zero-order valence-corrected chi connectivity index (χ0v) is 15.1. The van der Waals surface area contributed by atoms with Gasteiger partial charge in [-0.1, -0.05) is 31.0 Å². The molecule has 1 heterocycles. The van der Waals surface area contributed by atoms with Crippen LogP contribution in [0.15, 0.2) is 23.8 Å². The molecule has 2 fully saturated rings. The average molecular weight is 341 g/mol. The van der Waals surface area contributed by atoms with Gasteiger partial charge in [-0.2, -0.15) is 0 Å². The second kappa shape index (κ2) is 7.42. The van der Waals surface area contributed by atoms with Gasteiger partial charge in [-0.3, -0.25) is 4.79 Å². The van der Waals surface area contributed by atoms with E-state index in [4.69, 9.17) is 0 Å². The molecular weight excluding hydrogens is 314 g/mol. The molecule has 0 radical (unpaired) electrons. The molecule has 0 aromatic heterocycles. The lowest BCUT2D eigenvalue weighted by molar-refractivity contribution is -0.136. The molecule has 1 aromatic rings. The summed E-state index contributed by atoms with van der Waals surface area (Å²) >= 11 is 0. The first-order valence-electron chi connectivity index (χ1n) is 9.23. The lowest BCUT2D eigenvalue weighted by Gasteiger charge is -2.22. The number of aryl methyl sites for hydroxylation is 2. The third kappa shape index (κ3) is 3.94. The normalized spacial score (nSPS) is 23.4. The number of benzene rings is 1. The number of carboxylic acid groups (broad SMARTS) is 1. The Balaban J connectivity index is 1.75. The van der Waals surface area contributed by atoms with Gasteiger partial charge in [-0.15, -0.1) is 0 Å². The molecule has 1 amide bonds. The lowest BCUT2D eigenvalue weighted by atomic mass is 9.82. The van der Waals surface area contributed by atoms with Gasteiger partial charge in [0.25, 0.3) is 0 Å². The van der Waals surface area contributed by atoms with Crippen LogP contribution in [0.2, 0.25) is 0 Å². The van der Waals surface area contributed by atoms with Crippen molar-refractivity contribution in [1.82, 2.24) is 4.90 Å². The molecule has 4 heteroatoms. The van der Waals surface area contributed by atoms with Crippen LogP contribution in [0.5, 0.6) is 0 Å². The highest BCUT2D eigenvalue weighted by atomic mass is 16.4. The maximum atomic E-state index is 12.7. The monoisotopic (exact) mass is 341 g/mol. The molecule has 1 saturated heterocycles. The summed E-state index contributed by atoms with van der Waals surface area (Å²) in [6.07, 6.45) is 6.58. The van der Waals surface area contributed by atoms with E-state index in [-0.39, 0.29) is 17.9 Å². The van der Waals surface area contributed by atoms with Crippen molar-refractivity contribution in [1.29, 1.82) is 0 Å². The predicted octanol–water partition coefficient (Wildman–Crippen LogP) is 3.81. The van der Waals surface area contributed by atoms with Crippen LogP contribution >= 0.6 is 0 Å². The van der Waals surface area contributed by atoms with Gasteiger partial charge >= 0.3 is 5.97 Å². The summed E-state index contributed by atoms with van der Waals surface area (Å²) in [5, 5.41) is 9.58. The van der Waals surface area contributed by atoms with Crippen LogP contribution in [-0.2, 0) is 9.59 Å². The number of fused-ring (bicyclic) bond motifs is 1. The Morgan fingerprint density at radius 2 is 1.68 bits per heavy atom. The van der Waals surface area contributed by atoms with Gasteiger partial charge in [0.15, 0.2) is 0 Å². The largest absolute Gasteiger partial charge is 0.478 e. The highest BCUT2D eigenvalue weighted by molar-refractivity contribution is 5.98. The summed E-state index contributed by atoms with van der Waals surface area (Å²) in [5.41, 5.74) is 3.14. The molecule has 25 heavy (non-hydrogen) atoms. The van der Waals surface area contributed by atoms with E-state index in [0.717, 1.165) is 29.8 Å². The number of likely N-dealkylation sites (tertiary alicyclic amines) is 1. The minimum atomic E-state index is -1.01. The van der Waals surface area contributed by atoms with E-state index < -0.39 is 5.97 Å². The number of hydrogen-bond acceptors (Lipinski definition) is 2. The fourth-order valence-electron chi connectivity index (χ4n) is 4.30.